The number of hydrogen-bond acceptors (Lipinski definition) is 5. The minimum atomic E-state index is -0.969. The van der Waals surface area contributed by atoms with Crippen LogP contribution in [0.3, 0.4) is 0 Å². The molecule has 0 bridgehead atoms. The summed E-state index contributed by atoms with van der Waals surface area (Å²) in [5.41, 5.74) is 8.05. The molecule has 0 saturated carbocycles. The molecule has 1 aromatic rings. The molecule has 0 radical (unpaired) electrons. The van der Waals surface area contributed by atoms with Crippen LogP contribution in [0, 0.1) is 0 Å². The Morgan fingerprint density at radius 1 is 1.33 bits per heavy atom. The summed E-state index contributed by atoms with van der Waals surface area (Å²) in [7, 11) is 0. The van der Waals surface area contributed by atoms with Gasteiger partial charge < -0.3 is 4.74 Å². The molecule has 8 nitrogen and oxygen atoms in total. The number of carbonyl (C=O) groups is 3. The minimum Gasteiger partial charge on any atom is -0.458 e. The molecule has 126 valence electrons. The van der Waals surface area contributed by atoms with Crippen LogP contribution in [0.5, 0.6) is 0 Å². The van der Waals surface area contributed by atoms with E-state index < -0.39 is 29.4 Å². The Morgan fingerprint density at radius 2 is 2.00 bits per heavy atom. The fraction of sp³-hybridized carbons (Fsp3) is 0.438. The summed E-state index contributed by atoms with van der Waals surface area (Å²) in [5, 5.41) is 3.46. The summed E-state index contributed by atoms with van der Waals surface area (Å²) in [4.78, 5) is 40.8. The molecule has 1 atom stereocenters. The van der Waals surface area contributed by atoms with Crippen LogP contribution in [0.2, 0.25) is 0 Å². The zero-order valence-electron chi connectivity index (χ0n) is 13.7. The fourth-order valence-corrected chi connectivity index (χ4v) is 2.45. The van der Waals surface area contributed by atoms with Gasteiger partial charge in [0.2, 0.25) is 5.91 Å². The second-order valence-electron chi connectivity index (χ2n) is 6.36. The maximum atomic E-state index is 12.7. The lowest BCUT2D eigenvalue weighted by atomic mass is 10.1. The van der Waals surface area contributed by atoms with E-state index in [0.717, 1.165) is 4.90 Å². The molecule has 0 N–H and O–H groups in total. The highest BCUT2D eigenvalue weighted by atomic mass is 16.6. The van der Waals surface area contributed by atoms with E-state index in [1.807, 2.05) is 0 Å². The van der Waals surface area contributed by atoms with Crippen molar-refractivity contribution < 1.29 is 19.1 Å². The Morgan fingerprint density at radius 3 is 2.62 bits per heavy atom. The lowest BCUT2D eigenvalue weighted by Gasteiger charge is -2.26. The fourth-order valence-electron chi connectivity index (χ4n) is 2.45. The number of ether oxygens (including phenoxy) is 1. The molecule has 1 saturated heterocycles. The monoisotopic (exact) mass is 330 g/mol. The normalized spacial score (nSPS) is 17.4. The lowest BCUT2D eigenvalue weighted by Crippen LogP contribution is -2.45. The molecule has 2 amide bonds. The van der Waals surface area contributed by atoms with Gasteiger partial charge in [-0.25, -0.2) is 4.79 Å². The van der Waals surface area contributed by atoms with Gasteiger partial charge in [-0.05, 0) is 38.8 Å². The van der Waals surface area contributed by atoms with Crippen molar-refractivity contribution >= 4 is 23.5 Å². The third kappa shape index (κ3) is 3.72. The van der Waals surface area contributed by atoms with Gasteiger partial charge >= 0.3 is 5.97 Å². The third-order valence-corrected chi connectivity index (χ3v) is 3.40. The molecule has 0 spiro atoms. The average molecular weight is 330 g/mol. The molecule has 1 heterocycles. The molecule has 0 unspecified atom stereocenters. The highest BCUT2D eigenvalue weighted by Gasteiger charge is 2.42. The van der Waals surface area contributed by atoms with Gasteiger partial charge in [-0.1, -0.05) is 23.3 Å². The van der Waals surface area contributed by atoms with Gasteiger partial charge in [0.1, 0.15) is 11.6 Å². The molecule has 1 aromatic carbocycles. The summed E-state index contributed by atoms with van der Waals surface area (Å²) in [6, 6.07) is 5.15. The summed E-state index contributed by atoms with van der Waals surface area (Å²) in [6.45, 7) is 5.14. The minimum absolute atomic E-state index is 0.0686. The number of nitrogens with zero attached hydrogens (tertiary/aromatic N) is 4. The molecule has 0 aliphatic carbocycles. The number of benzene rings is 1. The van der Waals surface area contributed by atoms with E-state index in [9.17, 15) is 14.4 Å². The number of esters is 1. The molecule has 1 aliphatic heterocycles. The number of azide groups is 1. The largest absolute Gasteiger partial charge is 0.458 e. The van der Waals surface area contributed by atoms with Gasteiger partial charge in [0.25, 0.3) is 5.91 Å². The van der Waals surface area contributed by atoms with Crippen molar-refractivity contribution in [3.8, 4) is 0 Å². The maximum absolute atomic E-state index is 12.7. The van der Waals surface area contributed by atoms with Crippen LogP contribution in [0.1, 0.15) is 44.0 Å². The number of amides is 2. The number of rotatable bonds is 3. The summed E-state index contributed by atoms with van der Waals surface area (Å²) < 4.78 is 5.30. The average Bonchev–Trinajstić information content (AvgIpc) is 2.87. The molecular weight excluding hydrogens is 312 g/mol. The highest BCUT2D eigenvalue weighted by molar-refractivity contribution is 6.10. The lowest BCUT2D eigenvalue weighted by molar-refractivity contribution is -0.160. The van der Waals surface area contributed by atoms with Crippen LogP contribution in [0.15, 0.2) is 29.4 Å². The predicted octanol–water partition coefficient (Wildman–Crippen LogP) is 3.10. The SMILES string of the molecule is CC(C)(C)OC(=O)[C@@H]1CCC(=O)N1C(=O)c1ccccc1N=[N+]=[N-]. The van der Waals surface area contributed by atoms with Gasteiger partial charge in [-0.15, -0.1) is 0 Å². The van der Waals surface area contributed by atoms with Gasteiger partial charge in [-0.3, -0.25) is 14.5 Å². The van der Waals surface area contributed by atoms with Crippen LogP contribution in [0.4, 0.5) is 5.69 Å². The number of hydrogen-bond donors (Lipinski definition) is 0. The zero-order valence-corrected chi connectivity index (χ0v) is 13.7. The molecule has 1 fully saturated rings. The third-order valence-electron chi connectivity index (χ3n) is 3.40. The molecule has 1 aliphatic rings. The zero-order chi connectivity index (χ0) is 17.9. The van der Waals surface area contributed by atoms with Crippen molar-refractivity contribution in [3.63, 3.8) is 0 Å². The summed E-state index contributed by atoms with van der Waals surface area (Å²) in [6.07, 6.45) is 0.294. The van der Waals surface area contributed by atoms with Crippen molar-refractivity contribution in [2.24, 2.45) is 5.11 Å². The standard InChI is InChI=1S/C16H18N4O4/c1-16(2,3)24-15(23)12-8-9-13(21)20(12)14(22)10-6-4-5-7-11(10)18-19-17/h4-7,12H,8-9H2,1-3H3/t12-/m0/s1. The second kappa shape index (κ2) is 6.72. The van der Waals surface area contributed by atoms with Crippen molar-refractivity contribution in [1.82, 2.24) is 4.90 Å². The topological polar surface area (TPSA) is 112 Å². The summed E-state index contributed by atoms with van der Waals surface area (Å²) >= 11 is 0. The molecule has 8 heteroatoms. The molecule has 2 rings (SSSR count). The van der Waals surface area contributed by atoms with Crippen molar-refractivity contribution in [3.05, 3.63) is 40.3 Å². The molecule has 24 heavy (non-hydrogen) atoms. The predicted molar refractivity (Wildman–Crippen MR) is 85.3 cm³/mol. The van der Waals surface area contributed by atoms with Crippen LogP contribution in [-0.2, 0) is 14.3 Å². The van der Waals surface area contributed by atoms with E-state index in [-0.39, 0.29) is 24.1 Å². The molecular formula is C16H18N4O4. The highest BCUT2D eigenvalue weighted by Crippen LogP contribution is 2.27. The van der Waals surface area contributed by atoms with Gasteiger partial charge in [0.05, 0.1) is 5.69 Å². The van der Waals surface area contributed by atoms with Gasteiger partial charge in [-0.2, -0.15) is 0 Å². The first-order valence-electron chi connectivity index (χ1n) is 7.48. The quantitative estimate of drug-likeness (QED) is 0.278. The smallest absolute Gasteiger partial charge is 0.329 e. The Balaban J connectivity index is 2.34. The van der Waals surface area contributed by atoms with Gasteiger partial charge in [0, 0.05) is 16.9 Å². The first-order chi connectivity index (χ1) is 11.2. The molecule has 0 aromatic heterocycles. The van der Waals surface area contributed by atoms with Crippen LogP contribution in [-0.4, -0.2) is 34.3 Å². The Kier molecular flexibility index (Phi) is 4.90. The van der Waals surface area contributed by atoms with Crippen molar-refractivity contribution in [1.29, 1.82) is 0 Å². The van der Waals surface area contributed by atoms with Crippen molar-refractivity contribution in [2.75, 3.05) is 0 Å². The Labute approximate surface area is 139 Å². The number of imide groups is 1. The van der Waals surface area contributed by atoms with Crippen LogP contribution in [0.25, 0.3) is 10.4 Å². The first-order valence-corrected chi connectivity index (χ1v) is 7.48. The Hall–Kier alpha value is -2.86. The number of carbonyl (C=O) groups excluding carboxylic acids is 3. The van der Waals surface area contributed by atoms with Crippen LogP contribution >= 0.6 is 0 Å². The summed E-state index contributed by atoms with van der Waals surface area (Å²) in [5.74, 6) is -1.74. The second-order valence-corrected chi connectivity index (χ2v) is 6.36. The van der Waals surface area contributed by atoms with E-state index in [4.69, 9.17) is 10.3 Å². The van der Waals surface area contributed by atoms with Crippen molar-refractivity contribution in [2.45, 2.75) is 45.3 Å². The van der Waals surface area contributed by atoms with Gasteiger partial charge in [0.15, 0.2) is 0 Å². The maximum Gasteiger partial charge on any atom is 0.329 e. The van der Waals surface area contributed by atoms with E-state index >= 15 is 0 Å². The van der Waals surface area contributed by atoms with E-state index in [2.05, 4.69) is 10.0 Å². The van der Waals surface area contributed by atoms with E-state index in [1.165, 1.54) is 12.1 Å². The Bertz CT molecular complexity index is 732. The number of likely N-dealkylation sites (tertiary alicyclic amines) is 1. The van der Waals surface area contributed by atoms with E-state index in [1.54, 1.807) is 32.9 Å². The first kappa shape index (κ1) is 17.5. The van der Waals surface area contributed by atoms with Crippen LogP contribution < -0.4 is 0 Å². The van der Waals surface area contributed by atoms with E-state index in [0.29, 0.717) is 0 Å².